The van der Waals surface area contributed by atoms with Crippen molar-refractivity contribution in [3.05, 3.63) is 21.4 Å². The van der Waals surface area contributed by atoms with Crippen molar-refractivity contribution in [3.63, 3.8) is 0 Å². The van der Waals surface area contributed by atoms with E-state index in [0.717, 1.165) is 37.7 Å². The zero-order chi connectivity index (χ0) is 11.5. The van der Waals surface area contributed by atoms with Gasteiger partial charge in [-0.05, 0) is 25.5 Å². The Morgan fingerprint density at radius 2 is 2.12 bits per heavy atom. The van der Waals surface area contributed by atoms with Gasteiger partial charge in [0.05, 0.1) is 18.2 Å². The third kappa shape index (κ3) is 2.81. The van der Waals surface area contributed by atoms with E-state index in [0.29, 0.717) is 0 Å². The lowest BCUT2D eigenvalue weighted by Crippen LogP contribution is -2.40. The molecule has 0 radical (unpaired) electrons. The highest BCUT2D eigenvalue weighted by atomic mass is 32.1. The summed E-state index contributed by atoms with van der Waals surface area (Å²) in [5.74, 6) is 0. The largest absolute Gasteiger partial charge is 0.378 e. The summed E-state index contributed by atoms with van der Waals surface area (Å²) in [7, 11) is 0. The Morgan fingerprint density at radius 3 is 2.69 bits per heavy atom. The zero-order valence-corrected chi connectivity index (χ0v) is 11.4. The van der Waals surface area contributed by atoms with E-state index in [4.69, 9.17) is 17.0 Å². The lowest BCUT2D eigenvalue weighted by molar-refractivity contribution is 0.0684. The highest BCUT2D eigenvalue weighted by Crippen LogP contribution is 2.21. The smallest absolute Gasteiger partial charge is 0.0825 e. The fourth-order valence-corrected chi connectivity index (χ4v) is 3.23. The Bertz CT molecular complexity index is 380. The SMILES string of the molecule is Cc1cc(CC(=S)N2CCOCC2)c(C)s1. The summed E-state index contributed by atoms with van der Waals surface area (Å²) in [5, 5.41) is 0. The van der Waals surface area contributed by atoms with E-state index in [2.05, 4.69) is 24.8 Å². The number of ether oxygens (including phenoxy) is 1. The molecule has 0 saturated carbocycles. The molecule has 1 aromatic rings. The average molecular weight is 255 g/mol. The molecule has 0 unspecified atom stereocenters. The third-order valence-electron chi connectivity index (χ3n) is 2.85. The van der Waals surface area contributed by atoms with Gasteiger partial charge in [0.2, 0.25) is 0 Å². The van der Waals surface area contributed by atoms with E-state index in [1.54, 1.807) is 0 Å². The monoisotopic (exact) mass is 255 g/mol. The van der Waals surface area contributed by atoms with E-state index in [9.17, 15) is 0 Å². The van der Waals surface area contributed by atoms with Crippen molar-refractivity contribution in [2.75, 3.05) is 26.3 Å². The molecule has 88 valence electrons. The Morgan fingerprint density at radius 1 is 1.44 bits per heavy atom. The molecular weight excluding hydrogens is 238 g/mol. The summed E-state index contributed by atoms with van der Waals surface area (Å²) in [6, 6.07) is 2.26. The van der Waals surface area contributed by atoms with E-state index < -0.39 is 0 Å². The van der Waals surface area contributed by atoms with Gasteiger partial charge in [-0.1, -0.05) is 12.2 Å². The average Bonchev–Trinajstić information content (AvgIpc) is 2.59. The molecule has 0 spiro atoms. The molecule has 2 heterocycles. The minimum absolute atomic E-state index is 0.807. The molecule has 0 N–H and O–H groups in total. The molecule has 2 nitrogen and oxygen atoms in total. The Kier molecular flexibility index (Phi) is 3.95. The fraction of sp³-hybridized carbons (Fsp3) is 0.583. The van der Waals surface area contributed by atoms with Crippen LogP contribution in [0, 0.1) is 13.8 Å². The first-order valence-corrected chi connectivity index (χ1v) is 6.80. The summed E-state index contributed by atoms with van der Waals surface area (Å²) < 4.78 is 5.33. The van der Waals surface area contributed by atoms with Crippen LogP contribution in [0.1, 0.15) is 15.3 Å². The second-order valence-corrected chi connectivity index (χ2v) is 6.04. The standard InChI is InChI=1S/C12H17NOS2/c1-9-7-11(10(2)16-9)8-12(15)13-3-5-14-6-4-13/h7H,3-6,8H2,1-2H3. The second-order valence-electron chi connectivity index (χ2n) is 4.11. The third-order valence-corrected chi connectivity index (χ3v) is 4.26. The number of hydrogen-bond acceptors (Lipinski definition) is 3. The Hall–Kier alpha value is -0.450. The maximum atomic E-state index is 5.50. The minimum Gasteiger partial charge on any atom is -0.378 e. The van der Waals surface area contributed by atoms with Gasteiger partial charge in [0.25, 0.3) is 0 Å². The molecule has 1 aromatic heterocycles. The molecule has 1 saturated heterocycles. The number of hydrogen-bond donors (Lipinski definition) is 0. The van der Waals surface area contributed by atoms with E-state index in [1.807, 2.05) is 11.3 Å². The van der Waals surface area contributed by atoms with Crippen molar-refractivity contribution in [3.8, 4) is 0 Å². The molecule has 1 aliphatic rings. The van der Waals surface area contributed by atoms with Crippen LogP contribution in [-0.4, -0.2) is 36.2 Å². The number of thiophene rings is 1. The molecule has 16 heavy (non-hydrogen) atoms. The number of morpholine rings is 1. The quantitative estimate of drug-likeness (QED) is 0.754. The number of thiocarbonyl (C=S) groups is 1. The maximum absolute atomic E-state index is 5.50. The number of aryl methyl sites for hydroxylation is 2. The number of nitrogens with zero attached hydrogens (tertiary/aromatic N) is 1. The highest BCUT2D eigenvalue weighted by Gasteiger charge is 2.15. The van der Waals surface area contributed by atoms with Gasteiger partial charge >= 0.3 is 0 Å². The fourth-order valence-electron chi connectivity index (χ4n) is 1.95. The maximum Gasteiger partial charge on any atom is 0.0825 e. The van der Waals surface area contributed by atoms with E-state index in [-0.39, 0.29) is 0 Å². The first kappa shape index (κ1) is 12.0. The van der Waals surface area contributed by atoms with Gasteiger partial charge in [-0.25, -0.2) is 0 Å². The van der Waals surface area contributed by atoms with Crippen molar-refractivity contribution < 1.29 is 4.74 Å². The molecule has 4 heteroatoms. The predicted octanol–water partition coefficient (Wildman–Crippen LogP) is 2.57. The summed E-state index contributed by atoms with van der Waals surface area (Å²) in [5.41, 5.74) is 1.39. The van der Waals surface area contributed by atoms with Gasteiger partial charge in [0, 0.05) is 29.3 Å². The normalized spacial score (nSPS) is 16.5. The van der Waals surface area contributed by atoms with Gasteiger partial charge in [-0.15, -0.1) is 11.3 Å². The zero-order valence-electron chi connectivity index (χ0n) is 9.78. The van der Waals surface area contributed by atoms with Crippen LogP contribution in [0.3, 0.4) is 0 Å². The van der Waals surface area contributed by atoms with Gasteiger partial charge in [-0.2, -0.15) is 0 Å². The molecule has 0 aliphatic carbocycles. The van der Waals surface area contributed by atoms with Crippen LogP contribution in [0.25, 0.3) is 0 Å². The van der Waals surface area contributed by atoms with Crippen molar-refractivity contribution >= 4 is 28.5 Å². The lowest BCUT2D eigenvalue weighted by Gasteiger charge is -2.29. The van der Waals surface area contributed by atoms with Crippen LogP contribution in [-0.2, 0) is 11.2 Å². The summed E-state index contributed by atoms with van der Waals surface area (Å²) in [4.78, 5) is 6.10. The van der Waals surface area contributed by atoms with Crippen LogP contribution >= 0.6 is 23.6 Å². The highest BCUT2D eigenvalue weighted by molar-refractivity contribution is 7.80. The first-order chi connectivity index (χ1) is 7.66. The Labute approximate surface area is 106 Å². The molecule has 0 amide bonds. The number of rotatable bonds is 2. The van der Waals surface area contributed by atoms with E-state index >= 15 is 0 Å². The molecule has 0 bridgehead atoms. The van der Waals surface area contributed by atoms with Gasteiger partial charge in [-0.3, -0.25) is 0 Å². The van der Waals surface area contributed by atoms with E-state index in [1.165, 1.54) is 15.3 Å². The topological polar surface area (TPSA) is 12.5 Å². The van der Waals surface area contributed by atoms with Crippen molar-refractivity contribution in [1.82, 2.24) is 4.90 Å². The molecular formula is C12H17NOS2. The van der Waals surface area contributed by atoms with Crippen molar-refractivity contribution in [2.24, 2.45) is 0 Å². The predicted molar refractivity (Wildman–Crippen MR) is 72.5 cm³/mol. The van der Waals surface area contributed by atoms with Crippen LogP contribution in [0.2, 0.25) is 0 Å². The minimum atomic E-state index is 0.807. The molecule has 0 atom stereocenters. The van der Waals surface area contributed by atoms with Gasteiger partial charge < -0.3 is 9.64 Å². The lowest BCUT2D eigenvalue weighted by atomic mass is 10.1. The molecule has 1 aliphatic heterocycles. The first-order valence-electron chi connectivity index (χ1n) is 5.58. The van der Waals surface area contributed by atoms with Gasteiger partial charge in [0.1, 0.15) is 0 Å². The molecule has 2 rings (SSSR count). The van der Waals surface area contributed by atoms with Crippen LogP contribution in [0.15, 0.2) is 6.07 Å². The van der Waals surface area contributed by atoms with Crippen LogP contribution in [0.5, 0.6) is 0 Å². The van der Waals surface area contributed by atoms with Crippen LogP contribution < -0.4 is 0 Å². The summed E-state index contributed by atoms with van der Waals surface area (Å²) in [6.07, 6.45) is 0.908. The van der Waals surface area contributed by atoms with Crippen molar-refractivity contribution in [2.45, 2.75) is 20.3 Å². The van der Waals surface area contributed by atoms with Gasteiger partial charge in [0.15, 0.2) is 0 Å². The molecule has 0 aromatic carbocycles. The summed E-state index contributed by atoms with van der Waals surface area (Å²) >= 11 is 7.35. The summed E-state index contributed by atoms with van der Waals surface area (Å²) in [6.45, 7) is 7.83. The Balaban J connectivity index is 1.98. The second kappa shape index (κ2) is 5.25. The van der Waals surface area contributed by atoms with Crippen LogP contribution in [0.4, 0.5) is 0 Å². The van der Waals surface area contributed by atoms with Crippen molar-refractivity contribution in [1.29, 1.82) is 0 Å². The molecule has 1 fully saturated rings.